The SMILES string of the molecule is Cc1cccc(-n2nnnc2SCC(=O)N[C@@H](C)CCCC(C)C)c1C. The average molecular weight is 376 g/mol. The zero-order chi connectivity index (χ0) is 19.1. The molecule has 0 aliphatic rings. The van der Waals surface area contributed by atoms with Gasteiger partial charge in [-0.15, -0.1) is 5.10 Å². The number of benzene rings is 1. The van der Waals surface area contributed by atoms with Crippen molar-refractivity contribution in [1.29, 1.82) is 0 Å². The lowest BCUT2D eigenvalue weighted by molar-refractivity contribution is -0.119. The van der Waals surface area contributed by atoms with Gasteiger partial charge in [0.05, 0.1) is 11.4 Å². The van der Waals surface area contributed by atoms with Crippen LogP contribution in [0.1, 0.15) is 51.2 Å². The molecule has 1 amide bonds. The van der Waals surface area contributed by atoms with Gasteiger partial charge in [-0.05, 0) is 60.7 Å². The third kappa shape index (κ3) is 5.83. The van der Waals surface area contributed by atoms with E-state index in [1.54, 1.807) is 4.68 Å². The minimum Gasteiger partial charge on any atom is -0.353 e. The molecule has 2 rings (SSSR count). The number of amides is 1. The molecule has 6 nitrogen and oxygen atoms in total. The summed E-state index contributed by atoms with van der Waals surface area (Å²) in [5, 5.41) is 15.6. The molecule has 2 aromatic rings. The summed E-state index contributed by atoms with van der Waals surface area (Å²) in [4.78, 5) is 12.2. The van der Waals surface area contributed by atoms with E-state index in [9.17, 15) is 4.79 Å². The van der Waals surface area contributed by atoms with Crippen LogP contribution < -0.4 is 5.32 Å². The molecule has 142 valence electrons. The van der Waals surface area contributed by atoms with Crippen LogP contribution in [0.3, 0.4) is 0 Å². The fraction of sp³-hybridized carbons (Fsp3) is 0.579. The molecule has 1 aromatic heterocycles. The Bertz CT molecular complexity index is 728. The van der Waals surface area contributed by atoms with Crippen molar-refractivity contribution < 1.29 is 4.79 Å². The van der Waals surface area contributed by atoms with Crippen molar-refractivity contribution in [2.24, 2.45) is 5.92 Å². The fourth-order valence-electron chi connectivity index (χ4n) is 2.74. The molecule has 1 atom stereocenters. The van der Waals surface area contributed by atoms with Crippen LogP contribution in [0.15, 0.2) is 23.4 Å². The first-order valence-electron chi connectivity index (χ1n) is 9.15. The van der Waals surface area contributed by atoms with Crippen LogP contribution in [0, 0.1) is 19.8 Å². The normalized spacial score (nSPS) is 12.4. The fourth-order valence-corrected chi connectivity index (χ4v) is 3.43. The van der Waals surface area contributed by atoms with Crippen molar-refractivity contribution >= 4 is 17.7 Å². The quantitative estimate of drug-likeness (QED) is 0.677. The van der Waals surface area contributed by atoms with E-state index >= 15 is 0 Å². The highest BCUT2D eigenvalue weighted by Gasteiger charge is 2.14. The van der Waals surface area contributed by atoms with E-state index in [2.05, 4.69) is 54.6 Å². The van der Waals surface area contributed by atoms with Gasteiger partial charge in [-0.3, -0.25) is 4.79 Å². The smallest absolute Gasteiger partial charge is 0.230 e. The number of carbonyl (C=O) groups is 1. The number of tetrazole rings is 1. The Morgan fingerprint density at radius 3 is 2.73 bits per heavy atom. The Morgan fingerprint density at radius 2 is 2.00 bits per heavy atom. The molecule has 0 aliphatic carbocycles. The van der Waals surface area contributed by atoms with E-state index in [1.165, 1.54) is 23.7 Å². The van der Waals surface area contributed by atoms with E-state index < -0.39 is 0 Å². The number of carbonyl (C=O) groups excluding carboxylic acids is 1. The standard InChI is InChI=1S/C19H29N5OS/c1-13(2)8-6-10-15(4)20-18(25)12-26-19-21-22-23-24(19)17-11-7-9-14(3)16(17)5/h7,9,11,13,15H,6,8,10,12H2,1-5H3,(H,20,25)/t15-/m0/s1. The van der Waals surface area contributed by atoms with Gasteiger partial charge in [-0.25, -0.2) is 0 Å². The van der Waals surface area contributed by atoms with E-state index in [-0.39, 0.29) is 11.9 Å². The van der Waals surface area contributed by atoms with Crippen LogP contribution in [0.4, 0.5) is 0 Å². The van der Waals surface area contributed by atoms with Gasteiger partial charge in [0.15, 0.2) is 0 Å². The lowest BCUT2D eigenvalue weighted by atomic mass is 10.0. The van der Waals surface area contributed by atoms with Crippen LogP contribution in [0.5, 0.6) is 0 Å². The Kier molecular flexibility index (Phi) is 7.63. The molecule has 0 aliphatic heterocycles. The van der Waals surface area contributed by atoms with Crippen molar-refractivity contribution in [1.82, 2.24) is 25.5 Å². The molecule has 0 saturated carbocycles. The molecular weight excluding hydrogens is 346 g/mol. The highest BCUT2D eigenvalue weighted by molar-refractivity contribution is 7.99. The first kappa shape index (κ1) is 20.4. The van der Waals surface area contributed by atoms with Crippen molar-refractivity contribution in [3.8, 4) is 5.69 Å². The van der Waals surface area contributed by atoms with Gasteiger partial charge in [0.1, 0.15) is 0 Å². The number of hydrogen-bond donors (Lipinski definition) is 1. The average Bonchev–Trinajstić information content (AvgIpc) is 3.03. The number of aromatic nitrogens is 4. The molecule has 26 heavy (non-hydrogen) atoms. The molecule has 0 radical (unpaired) electrons. The van der Waals surface area contributed by atoms with E-state index in [4.69, 9.17) is 0 Å². The number of nitrogens with one attached hydrogen (secondary N) is 1. The lowest BCUT2D eigenvalue weighted by Gasteiger charge is -2.14. The minimum absolute atomic E-state index is 0.0163. The van der Waals surface area contributed by atoms with E-state index in [0.29, 0.717) is 16.8 Å². The van der Waals surface area contributed by atoms with Crippen molar-refractivity contribution in [2.75, 3.05) is 5.75 Å². The van der Waals surface area contributed by atoms with Gasteiger partial charge in [0.25, 0.3) is 0 Å². The second-order valence-corrected chi connectivity index (χ2v) is 8.12. The summed E-state index contributed by atoms with van der Waals surface area (Å²) in [7, 11) is 0. The number of rotatable bonds is 9. The number of hydrogen-bond acceptors (Lipinski definition) is 5. The van der Waals surface area contributed by atoms with Crippen molar-refractivity contribution in [2.45, 2.75) is 65.1 Å². The maximum atomic E-state index is 12.2. The largest absolute Gasteiger partial charge is 0.353 e. The molecule has 1 heterocycles. The second kappa shape index (κ2) is 9.71. The highest BCUT2D eigenvalue weighted by Crippen LogP contribution is 2.22. The van der Waals surface area contributed by atoms with Crippen LogP contribution in [-0.4, -0.2) is 37.9 Å². The lowest BCUT2D eigenvalue weighted by Crippen LogP contribution is -2.33. The Balaban J connectivity index is 1.90. The highest BCUT2D eigenvalue weighted by atomic mass is 32.2. The molecule has 0 saturated heterocycles. The number of thioether (sulfide) groups is 1. The maximum absolute atomic E-state index is 12.2. The Labute approximate surface area is 160 Å². The third-order valence-corrected chi connectivity index (χ3v) is 5.32. The molecule has 1 N–H and O–H groups in total. The molecule has 0 unspecified atom stereocenters. The van der Waals surface area contributed by atoms with Crippen LogP contribution in [-0.2, 0) is 4.79 Å². The third-order valence-electron chi connectivity index (χ3n) is 4.40. The zero-order valence-corrected chi connectivity index (χ0v) is 17.1. The summed E-state index contributed by atoms with van der Waals surface area (Å²) < 4.78 is 1.70. The molecule has 0 fully saturated rings. The monoisotopic (exact) mass is 375 g/mol. The Hall–Kier alpha value is -1.89. The predicted molar refractivity (Wildman–Crippen MR) is 106 cm³/mol. The van der Waals surface area contributed by atoms with Crippen LogP contribution in [0.25, 0.3) is 5.69 Å². The summed E-state index contributed by atoms with van der Waals surface area (Å²) in [6.45, 7) is 10.6. The molecule has 1 aromatic carbocycles. The first-order valence-corrected chi connectivity index (χ1v) is 10.1. The van der Waals surface area contributed by atoms with Gasteiger partial charge in [0, 0.05) is 6.04 Å². The minimum atomic E-state index is 0.0163. The topological polar surface area (TPSA) is 72.7 Å². The van der Waals surface area contributed by atoms with Gasteiger partial charge < -0.3 is 5.32 Å². The van der Waals surface area contributed by atoms with Gasteiger partial charge in [-0.1, -0.05) is 50.6 Å². The molecule has 0 bridgehead atoms. The summed E-state index contributed by atoms with van der Waals surface area (Å²) in [5.41, 5.74) is 3.26. The van der Waals surface area contributed by atoms with Crippen LogP contribution >= 0.6 is 11.8 Å². The Morgan fingerprint density at radius 1 is 1.23 bits per heavy atom. The number of nitrogens with zero attached hydrogens (tertiary/aromatic N) is 4. The van der Waals surface area contributed by atoms with Gasteiger partial charge >= 0.3 is 0 Å². The summed E-state index contributed by atoms with van der Waals surface area (Å²) in [6.07, 6.45) is 3.34. The maximum Gasteiger partial charge on any atom is 0.230 e. The second-order valence-electron chi connectivity index (χ2n) is 7.17. The summed E-state index contributed by atoms with van der Waals surface area (Å²) in [5.74, 6) is 1.03. The zero-order valence-electron chi connectivity index (χ0n) is 16.3. The summed E-state index contributed by atoms with van der Waals surface area (Å²) >= 11 is 1.36. The van der Waals surface area contributed by atoms with Crippen molar-refractivity contribution in [3.05, 3.63) is 29.3 Å². The first-order chi connectivity index (χ1) is 12.4. The predicted octanol–water partition coefficient (Wildman–Crippen LogP) is 3.70. The van der Waals surface area contributed by atoms with Crippen molar-refractivity contribution in [3.63, 3.8) is 0 Å². The van der Waals surface area contributed by atoms with E-state index in [1.807, 2.05) is 19.1 Å². The van der Waals surface area contributed by atoms with Crippen LogP contribution in [0.2, 0.25) is 0 Å². The molecule has 7 heteroatoms. The number of aryl methyl sites for hydroxylation is 1. The molecular formula is C19H29N5OS. The molecule has 0 spiro atoms. The van der Waals surface area contributed by atoms with Gasteiger partial charge in [-0.2, -0.15) is 4.68 Å². The van der Waals surface area contributed by atoms with Gasteiger partial charge in [0.2, 0.25) is 11.1 Å². The summed E-state index contributed by atoms with van der Waals surface area (Å²) in [6, 6.07) is 6.22. The van der Waals surface area contributed by atoms with E-state index in [0.717, 1.165) is 24.1 Å².